The zero-order valence-corrected chi connectivity index (χ0v) is 12.8. The molecule has 0 N–H and O–H groups in total. The molecule has 0 aliphatic carbocycles. The van der Waals surface area contributed by atoms with Crippen molar-refractivity contribution in [2.45, 2.75) is 46.7 Å². The van der Waals surface area contributed by atoms with Gasteiger partial charge in [0.25, 0.3) is 0 Å². The van der Waals surface area contributed by atoms with Gasteiger partial charge in [0.05, 0.1) is 23.9 Å². The molecule has 1 fully saturated rings. The van der Waals surface area contributed by atoms with Crippen molar-refractivity contribution in [2.75, 3.05) is 19.7 Å². The highest BCUT2D eigenvalue weighted by molar-refractivity contribution is 5.72. The fourth-order valence-electron chi connectivity index (χ4n) is 2.88. The molecule has 2 heterocycles. The van der Waals surface area contributed by atoms with Gasteiger partial charge in [-0.2, -0.15) is 5.10 Å². The molecule has 1 aromatic heterocycles. The van der Waals surface area contributed by atoms with Gasteiger partial charge in [-0.05, 0) is 46.2 Å². The summed E-state index contributed by atoms with van der Waals surface area (Å²) in [6.45, 7) is 10.1. The Morgan fingerprint density at radius 2 is 2.30 bits per heavy atom. The number of ether oxygens (including phenoxy) is 1. The van der Waals surface area contributed by atoms with Crippen LogP contribution in [0.4, 0.5) is 0 Å². The number of piperidine rings is 1. The molecule has 1 aliphatic rings. The minimum Gasteiger partial charge on any atom is -0.466 e. The van der Waals surface area contributed by atoms with E-state index in [1.165, 1.54) is 5.69 Å². The van der Waals surface area contributed by atoms with Crippen LogP contribution in [-0.2, 0) is 22.6 Å². The van der Waals surface area contributed by atoms with E-state index < -0.39 is 0 Å². The van der Waals surface area contributed by atoms with Crippen molar-refractivity contribution in [1.29, 1.82) is 0 Å². The van der Waals surface area contributed by atoms with Crippen LogP contribution in [0.2, 0.25) is 0 Å². The fraction of sp³-hybridized carbons (Fsp3) is 0.733. The Bertz CT molecular complexity index is 456. The van der Waals surface area contributed by atoms with E-state index in [0.29, 0.717) is 6.61 Å². The first kappa shape index (κ1) is 15.0. The van der Waals surface area contributed by atoms with Crippen molar-refractivity contribution >= 4 is 5.97 Å². The lowest BCUT2D eigenvalue weighted by Crippen LogP contribution is -2.39. The van der Waals surface area contributed by atoms with Crippen LogP contribution in [0, 0.1) is 12.8 Å². The van der Waals surface area contributed by atoms with Gasteiger partial charge < -0.3 is 4.74 Å². The summed E-state index contributed by atoms with van der Waals surface area (Å²) in [5.41, 5.74) is 2.29. The van der Waals surface area contributed by atoms with E-state index in [1.54, 1.807) is 0 Å². The van der Waals surface area contributed by atoms with Crippen LogP contribution in [-0.4, -0.2) is 40.3 Å². The van der Waals surface area contributed by atoms with Crippen LogP contribution in [0.1, 0.15) is 38.1 Å². The maximum Gasteiger partial charge on any atom is 0.310 e. The Kier molecular flexibility index (Phi) is 5.17. The number of rotatable bonds is 5. The molecule has 5 nitrogen and oxygen atoms in total. The number of aromatic nitrogens is 2. The second-order valence-corrected chi connectivity index (χ2v) is 5.42. The lowest BCUT2D eigenvalue weighted by atomic mass is 9.98. The van der Waals surface area contributed by atoms with Crippen LogP contribution in [0.15, 0.2) is 6.07 Å². The molecule has 0 amide bonds. The molecular formula is C15H25N3O2. The van der Waals surface area contributed by atoms with Gasteiger partial charge in [0.2, 0.25) is 0 Å². The van der Waals surface area contributed by atoms with Gasteiger partial charge in [-0.1, -0.05) is 0 Å². The standard InChI is InChI=1S/C15H25N3O2/c1-4-18-14(9-12(3)16-18)11-17-8-6-7-13(10-17)15(19)20-5-2/h9,13H,4-8,10-11H2,1-3H3/t13-/m1/s1. The maximum absolute atomic E-state index is 11.9. The van der Waals surface area contributed by atoms with Crippen LogP contribution >= 0.6 is 0 Å². The van der Waals surface area contributed by atoms with Crippen molar-refractivity contribution in [3.05, 3.63) is 17.5 Å². The zero-order chi connectivity index (χ0) is 14.5. The van der Waals surface area contributed by atoms with E-state index in [2.05, 4.69) is 23.0 Å². The second kappa shape index (κ2) is 6.88. The summed E-state index contributed by atoms with van der Waals surface area (Å²) in [7, 11) is 0. The van der Waals surface area contributed by atoms with Gasteiger partial charge >= 0.3 is 5.97 Å². The van der Waals surface area contributed by atoms with Crippen molar-refractivity contribution < 1.29 is 9.53 Å². The summed E-state index contributed by atoms with van der Waals surface area (Å²) >= 11 is 0. The lowest BCUT2D eigenvalue weighted by molar-refractivity contribution is -0.150. The van der Waals surface area contributed by atoms with E-state index in [9.17, 15) is 4.79 Å². The van der Waals surface area contributed by atoms with Crippen molar-refractivity contribution in [3.63, 3.8) is 0 Å². The Morgan fingerprint density at radius 3 is 3.00 bits per heavy atom. The summed E-state index contributed by atoms with van der Waals surface area (Å²) in [5.74, 6) is -0.0137. The van der Waals surface area contributed by atoms with Crippen LogP contribution in [0.3, 0.4) is 0 Å². The predicted molar refractivity (Wildman–Crippen MR) is 77.3 cm³/mol. The molecule has 1 aliphatic heterocycles. The molecule has 1 saturated heterocycles. The number of hydrogen-bond acceptors (Lipinski definition) is 4. The first-order chi connectivity index (χ1) is 9.63. The number of hydrogen-bond donors (Lipinski definition) is 0. The van der Waals surface area contributed by atoms with Crippen molar-refractivity contribution in [3.8, 4) is 0 Å². The van der Waals surface area contributed by atoms with Gasteiger partial charge in [0.1, 0.15) is 0 Å². The highest BCUT2D eigenvalue weighted by Gasteiger charge is 2.27. The van der Waals surface area contributed by atoms with Gasteiger partial charge in [0.15, 0.2) is 0 Å². The molecule has 112 valence electrons. The Balaban J connectivity index is 1.97. The Hall–Kier alpha value is -1.36. The number of aryl methyl sites for hydroxylation is 2. The average molecular weight is 279 g/mol. The summed E-state index contributed by atoms with van der Waals surface area (Å²) in [6, 6.07) is 2.14. The topological polar surface area (TPSA) is 47.4 Å². The molecular weight excluding hydrogens is 254 g/mol. The molecule has 0 unspecified atom stereocenters. The number of esters is 1. The largest absolute Gasteiger partial charge is 0.466 e. The quantitative estimate of drug-likeness (QED) is 0.773. The van der Waals surface area contributed by atoms with E-state index >= 15 is 0 Å². The first-order valence-electron chi connectivity index (χ1n) is 7.56. The molecule has 1 aromatic rings. The summed E-state index contributed by atoms with van der Waals surface area (Å²) in [5, 5.41) is 4.48. The number of likely N-dealkylation sites (tertiary alicyclic amines) is 1. The SMILES string of the molecule is CCOC(=O)[C@@H]1CCCN(Cc2cc(C)nn2CC)C1. The average Bonchev–Trinajstić information content (AvgIpc) is 2.79. The minimum atomic E-state index is -0.0441. The Labute approximate surface area is 120 Å². The van der Waals surface area contributed by atoms with Crippen molar-refractivity contribution in [2.24, 2.45) is 5.92 Å². The monoisotopic (exact) mass is 279 g/mol. The zero-order valence-electron chi connectivity index (χ0n) is 12.8. The summed E-state index contributed by atoms with van der Waals surface area (Å²) < 4.78 is 7.19. The molecule has 20 heavy (non-hydrogen) atoms. The normalized spacial score (nSPS) is 20.1. The van der Waals surface area contributed by atoms with Crippen LogP contribution in [0.25, 0.3) is 0 Å². The van der Waals surface area contributed by atoms with E-state index in [4.69, 9.17) is 4.74 Å². The smallest absolute Gasteiger partial charge is 0.310 e. The van der Waals surface area contributed by atoms with Gasteiger partial charge in [-0.25, -0.2) is 0 Å². The van der Waals surface area contributed by atoms with Gasteiger partial charge in [-0.3, -0.25) is 14.4 Å². The molecule has 0 spiro atoms. The number of carbonyl (C=O) groups is 1. The molecule has 1 atom stereocenters. The molecule has 0 bridgehead atoms. The molecule has 2 rings (SSSR count). The highest BCUT2D eigenvalue weighted by atomic mass is 16.5. The third-order valence-corrected chi connectivity index (χ3v) is 3.80. The van der Waals surface area contributed by atoms with Crippen LogP contribution < -0.4 is 0 Å². The second-order valence-electron chi connectivity index (χ2n) is 5.42. The molecule has 0 aromatic carbocycles. The number of carbonyl (C=O) groups excluding carboxylic acids is 1. The van der Waals surface area contributed by atoms with Crippen LogP contribution in [0.5, 0.6) is 0 Å². The highest BCUT2D eigenvalue weighted by Crippen LogP contribution is 2.20. The molecule has 5 heteroatoms. The van der Waals surface area contributed by atoms with E-state index in [0.717, 1.165) is 44.7 Å². The minimum absolute atomic E-state index is 0.0304. The van der Waals surface area contributed by atoms with Gasteiger partial charge in [0, 0.05) is 19.6 Å². The summed E-state index contributed by atoms with van der Waals surface area (Å²) in [4.78, 5) is 14.2. The third-order valence-electron chi connectivity index (χ3n) is 3.80. The third kappa shape index (κ3) is 3.60. The lowest BCUT2D eigenvalue weighted by Gasteiger charge is -2.31. The maximum atomic E-state index is 11.9. The van der Waals surface area contributed by atoms with E-state index in [-0.39, 0.29) is 11.9 Å². The molecule has 0 saturated carbocycles. The fourth-order valence-corrected chi connectivity index (χ4v) is 2.88. The molecule has 0 radical (unpaired) electrons. The van der Waals surface area contributed by atoms with Gasteiger partial charge in [-0.15, -0.1) is 0 Å². The summed E-state index contributed by atoms with van der Waals surface area (Å²) in [6.07, 6.45) is 2.00. The van der Waals surface area contributed by atoms with E-state index in [1.807, 2.05) is 18.5 Å². The Morgan fingerprint density at radius 1 is 1.50 bits per heavy atom. The van der Waals surface area contributed by atoms with Crippen molar-refractivity contribution in [1.82, 2.24) is 14.7 Å². The number of nitrogens with zero attached hydrogens (tertiary/aromatic N) is 3. The first-order valence-corrected chi connectivity index (χ1v) is 7.56. The predicted octanol–water partition coefficient (Wildman–Crippen LogP) is 1.99.